The molecule has 0 atom stereocenters. The normalized spacial score (nSPS) is 10.7. The summed E-state index contributed by atoms with van der Waals surface area (Å²) in [7, 11) is 0. The molecule has 3 aromatic rings. The molecule has 0 radical (unpaired) electrons. The number of carbonyl (C=O) groups is 1. The summed E-state index contributed by atoms with van der Waals surface area (Å²) in [5, 5.41) is 14.9. The number of carbonyl (C=O) groups excluding carboxylic acids is 1. The molecule has 0 fully saturated rings. The molecule has 0 bridgehead atoms. The summed E-state index contributed by atoms with van der Waals surface area (Å²) in [6.07, 6.45) is 0.847. The quantitative estimate of drug-likeness (QED) is 0.367. The standard InChI is InChI=1S/C22H19ClN4OS/c23-20-9-5-4-6-16(20)10-15-21(28)25-22(29)24-17-11-13-19(14-12-17)27-26-18-7-2-1-3-8-18/h1-9,11-14H,10,15H2,(H2,24,25,28,29). The molecule has 7 heteroatoms. The monoisotopic (exact) mass is 422 g/mol. The lowest BCUT2D eigenvalue weighted by Gasteiger charge is -2.10. The number of rotatable bonds is 6. The van der Waals surface area contributed by atoms with Gasteiger partial charge in [0.1, 0.15) is 0 Å². The van der Waals surface area contributed by atoms with E-state index in [1.165, 1.54) is 0 Å². The average Bonchev–Trinajstić information content (AvgIpc) is 2.73. The highest BCUT2D eigenvalue weighted by Gasteiger charge is 2.07. The highest BCUT2D eigenvalue weighted by Crippen LogP contribution is 2.20. The number of azo groups is 1. The Morgan fingerprint density at radius 2 is 1.48 bits per heavy atom. The van der Waals surface area contributed by atoms with Crippen molar-refractivity contribution in [2.24, 2.45) is 10.2 Å². The number of thiocarbonyl (C=S) groups is 1. The number of hydrogen-bond acceptors (Lipinski definition) is 4. The first-order valence-corrected chi connectivity index (χ1v) is 9.80. The molecule has 146 valence electrons. The van der Waals surface area contributed by atoms with Crippen LogP contribution in [0, 0.1) is 0 Å². The van der Waals surface area contributed by atoms with Crippen LogP contribution in [0.1, 0.15) is 12.0 Å². The van der Waals surface area contributed by atoms with Gasteiger partial charge in [-0.15, -0.1) is 0 Å². The summed E-state index contributed by atoms with van der Waals surface area (Å²) in [5.41, 5.74) is 3.19. The number of benzene rings is 3. The molecule has 0 unspecified atom stereocenters. The fraction of sp³-hybridized carbons (Fsp3) is 0.0909. The van der Waals surface area contributed by atoms with E-state index in [4.69, 9.17) is 23.8 Å². The van der Waals surface area contributed by atoms with Crippen molar-refractivity contribution in [2.45, 2.75) is 12.8 Å². The minimum atomic E-state index is -0.171. The zero-order valence-electron chi connectivity index (χ0n) is 15.5. The third-order valence-corrected chi connectivity index (χ3v) is 4.57. The maximum Gasteiger partial charge on any atom is 0.226 e. The van der Waals surface area contributed by atoms with Gasteiger partial charge in [0.25, 0.3) is 0 Å². The fourth-order valence-corrected chi connectivity index (χ4v) is 2.98. The summed E-state index contributed by atoms with van der Waals surface area (Å²) in [6, 6.07) is 24.3. The van der Waals surface area contributed by atoms with Crippen molar-refractivity contribution >= 4 is 51.9 Å². The minimum absolute atomic E-state index is 0.171. The van der Waals surface area contributed by atoms with Crippen LogP contribution in [0.25, 0.3) is 0 Å². The van der Waals surface area contributed by atoms with Gasteiger partial charge >= 0.3 is 0 Å². The maximum atomic E-state index is 12.1. The number of nitrogens with zero attached hydrogens (tertiary/aromatic N) is 2. The predicted molar refractivity (Wildman–Crippen MR) is 121 cm³/mol. The Labute approximate surface area is 179 Å². The molecule has 3 aromatic carbocycles. The van der Waals surface area contributed by atoms with Crippen LogP contribution in [0.15, 0.2) is 89.1 Å². The van der Waals surface area contributed by atoms with E-state index in [9.17, 15) is 4.79 Å². The van der Waals surface area contributed by atoms with Crippen LogP contribution >= 0.6 is 23.8 Å². The van der Waals surface area contributed by atoms with Crippen LogP contribution in [0.4, 0.5) is 17.1 Å². The van der Waals surface area contributed by atoms with E-state index < -0.39 is 0 Å². The Bertz CT molecular complexity index is 1010. The van der Waals surface area contributed by atoms with Gasteiger partial charge in [-0.3, -0.25) is 4.79 Å². The molecule has 3 rings (SSSR count). The molecule has 0 aromatic heterocycles. The van der Waals surface area contributed by atoms with Gasteiger partial charge in [-0.1, -0.05) is 48.0 Å². The first-order valence-electron chi connectivity index (χ1n) is 9.01. The zero-order valence-corrected chi connectivity index (χ0v) is 17.1. The number of aryl methyl sites for hydroxylation is 1. The van der Waals surface area contributed by atoms with Crippen molar-refractivity contribution < 1.29 is 4.79 Å². The molecule has 2 N–H and O–H groups in total. The minimum Gasteiger partial charge on any atom is -0.332 e. The van der Waals surface area contributed by atoms with E-state index in [1.54, 1.807) is 0 Å². The van der Waals surface area contributed by atoms with Crippen molar-refractivity contribution in [3.8, 4) is 0 Å². The lowest BCUT2D eigenvalue weighted by molar-refractivity contribution is -0.119. The smallest absolute Gasteiger partial charge is 0.226 e. The van der Waals surface area contributed by atoms with Gasteiger partial charge in [-0.05, 0) is 66.7 Å². The Balaban J connectivity index is 1.47. The molecule has 0 saturated heterocycles. The summed E-state index contributed by atoms with van der Waals surface area (Å²) in [4.78, 5) is 12.1. The van der Waals surface area contributed by atoms with Gasteiger partial charge in [0.2, 0.25) is 5.91 Å². The number of anilines is 1. The van der Waals surface area contributed by atoms with E-state index in [-0.39, 0.29) is 11.0 Å². The largest absolute Gasteiger partial charge is 0.332 e. The third-order valence-electron chi connectivity index (χ3n) is 3.99. The Morgan fingerprint density at radius 3 is 2.17 bits per heavy atom. The van der Waals surface area contributed by atoms with Crippen molar-refractivity contribution in [1.82, 2.24) is 5.32 Å². The first-order chi connectivity index (χ1) is 14.1. The second-order valence-corrected chi connectivity index (χ2v) is 6.99. The summed E-state index contributed by atoms with van der Waals surface area (Å²) < 4.78 is 0. The molecule has 0 aliphatic heterocycles. The van der Waals surface area contributed by atoms with Crippen molar-refractivity contribution in [3.63, 3.8) is 0 Å². The van der Waals surface area contributed by atoms with E-state index in [2.05, 4.69) is 20.9 Å². The van der Waals surface area contributed by atoms with Crippen molar-refractivity contribution in [2.75, 3.05) is 5.32 Å². The molecule has 0 aliphatic rings. The van der Waals surface area contributed by atoms with Crippen LogP contribution in [0.2, 0.25) is 5.02 Å². The molecular formula is C22H19ClN4OS. The predicted octanol–water partition coefficient (Wildman–Crippen LogP) is 6.20. The maximum absolute atomic E-state index is 12.1. The molecule has 0 saturated carbocycles. The van der Waals surface area contributed by atoms with Crippen molar-refractivity contribution in [1.29, 1.82) is 0 Å². The van der Waals surface area contributed by atoms with Gasteiger partial charge < -0.3 is 10.6 Å². The fourth-order valence-electron chi connectivity index (χ4n) is 2.52. The van der Waals surface area contributed by atoms with E-state index in [0.717, 1.165) is 16.9 Å². The van der Waals surface area contributed by atoms with Crippen LogP contribution in [0.5, 0.6) is 0 Å². The zero-order chi connectivity index (χ0) is 20.5. The first kappa shape index (κ1) is 20.6. The highest BCUT2D eigenvalue weighted by atomic mass is 35.5. The SMILES string of the molecule is O=C(CCc1ccccc1Cl)NC(=S)Nc1ccc(N=Nc2ccccc2)cc1. The van der Waals surface area contributed by atoms with Crippen LogP contribution < -0.4 is 10.6 Å². The lowest BCUT2D eigenvalue weighted by atomic mass is 10.1. The molecule has 29 heavy (non-hydrogen) atoms. The van der Waals surface area contributed by atoms with E-state index >= 15 is 0 Å². The van der Waals surface area contributed by atoms with Gasteiger partial charge in [0, 0.05) is 17.1 Å². The van der Waals surface area contributed by atoms with E-state index in [1.807, 2.05) is 78.9 Å². The van der Waals surface area contributed by atoms with Gasteiger partial charge in [-0.25, -0.2) is 0 Å². The Hall–Kier alpha value is -3.09. The second-order valence-electron chi connectivity index (χ2n) is 6.18. The molecule has 0 heterocycles. The average molecular weight is 423 g/mol. The van der Waals surface area contributed by atoms with Gasteiger partial charge in [-0.2, -0.15) is 10.2 Å². The van der Waals surface area contributed by atoms with Gasteiger partial charge in [0.15, 0.2) is 5.11 Å². The summed E-state index contributed by atoms with van der Waals surface area (Å²) >= 11 is 11.3. The van der Waals surface area contributed by atoms with Gasteiger partial charge in [0.05, 0.1) is 11.4 Å². The summed E-state index contributed by atoms with van der Waals surface area (Å²) in [5.74, 6) is -0.171. The highest BCUT2D eigenvalue weighted by molar-refractivity contribution is 7.80. The van der Waals surface area contributed by atoms with Crippen LogP contribution in [-0.4, -0.2) is 11.0 Å². The van der Waals surface area contributed by atoms with Crippen LogP contribution in [-0.2, 0) is 11.2 Å². The molecule has 0 spiro atoms. The number of halogens is 1. The van der Waals surface area contributed by atoms with Crippen LogP contribution in [0.3, 0.4) is 0 Å². The van der Waals surface area contributed by atoms with Crippen molar-refractivity contribution in [3.05, 3.63) is 89.4 Å². The summed E-state index contributed by atoms with van der Waals surface area (Å²) in [6.45, 7) is 0. The Kier molecular flexibility index (Phi) is 7.44. The molecule has 5 nitrogen and oxygen atoms in total. The van der Waals surface area contributed by atoms with E-state index in [0.29, 0.717) is 23.6 Å². The number of hydrogen-bond donors (Lipinski definition) is 2. The topological polar surface area (TPSA) is 65.8 Å². The second kappa shape index (κ2) is 10.5. The molecular weight excluding hydrogens is 404 g/mol. The lowest BCUT2D eigenvalue weighted by Crippen LogP contribution is -2.34. The number of nitrogens with one attached hydrogen (secondary N) is 2. The molecule has 1 amide bonds. The third kappa shape index (κ3) is 6.78. The number of amides is 1. The Morgan fingerprint density at radius 1 is 0.862 bits per heavy atom. The molecule has 0 aliphatic carbocycles.